The second kappa shape index (κ2) is 4.47. The molecule has 0 bridgehead atoms. The fraction of sp³-hybridized carbons (Fsp3) is 0.375. The van der Waals surface area contributed by atoms with Crippen molar-refractivity contribution in [3.8, 4) is 16.6 Å². The Bertz CT molecular complexity index is 628. The normalized spacial score (nSPS) is 16.3. The van der Waals surface area contributed by atoms with Crippen molar-refractivity contribution in [1.82, 2.24) is 4.98 Å². The number of nitrogens with zero attached hydrogens (tertiary/aromatic N) is 2. The van der Waals surface area contributed by atoms with Crippen LogP contribution < -0.4 is 0 Å². The molecule has 1 aliphatic rings. The summed E-state index contributed by atoms with van der Waals surface area (Å²) in [7, 11) is 0. The topological polar surface area (TPSA) is 36.7 Å². The molecular weight excluding hydrogens is 252 g/mol. The number of hydrogen-bond donors (Lipinski definition) is 0. The van der Waals surface area contributed by atoms with Gasteiger partial charge >= 0.3 is 0 Å². The van der Waals surface area contributed by atoms with Crippen LogP contribution in [-0.2, 0) is 5.41 Å². The maximum Gasteiger partial charge on any atom is 0.123 e. The average molecular weight is 268 g/mol. The first-order valence-electron chi connectivity index (χ1n) is 6.62. The van der Waals surface area contributed by atoms with E-state index in [0.717, 1.165) is 29.1 Å². The standard InChI is InChI=1S/C16H16N2S/c1-11(2)12-3-5-13(6-4-12)15-18-14(9-19-15)16(10-17)7-8-16/h3-6,9,11H,7-8H2,1-2H3. The van der Waals surface area contributed by atoms with E-state index in [2.05, 4.69) is 49.2 Å². The Morgan fingerprint density at radius 1 is 1.26 bits per heavy atom. The van der Waals surface area contributed by atoms with Crippen LogP contribution in [0.25, 0.3) is 10.6 Å². The molecular formula is C16H16N2S. The predicted molar refractivity (Wildman–Crippen MR) is 78.2 cm³/mol. The van der Waals surface area contributed by atoms with Crippen molar-refractivity contribution in [3.05, 3.63) is 40.9 Å². The third kappa shape index (κ3) is 2.17. The zero-order chi connectivity index (χ0) is 13.5. The van der Waals surface area contributed by atoms with Crippen LogP contribution in [0.15, 0.2) is 29.6 Å². The largest absolute Gasteiger partial charge is 0.239 e. The van der Waals surface area contributed by atoms with E-state index in [4.69, 9.17) is 0 Å². The summed E-state index contributed by atoms with van der Waals surface area (Å²) in [6, 6.07) is 11.0. The first kappa shape index (κ1) is 12.4. The smallest absolute Gasteiger partial charge is 0.123 e. The number of nitriles is 1. The SMILES string of the molecule is CC(C)c1ccc(-c2nc(C3(C#N)CC3)cs2)cc1. The molecule has 1 fully saturated rings. The molecule has 3 heteroatoms. The lowest BCUT2D eigenvalue weighted by molar-refractivity contribution is 0.865. The van der Waals surface area contributed by atoms with Gasteiger partial charge in [0.2, 0.25) is 0 Å². The molecule has 0 N–H and O–H groups in total. The molecule has 1 aromatic carbocycles. The molecule has 0 atom stereocenters. The Morgan fingerprint density at radius 2 is 1.95 bits per heavy atom. The van der Waals surface area contributed by atoms with Gasteiger partial charge in [0.05, 0.1) is 11.8 Å². The molecule has 96 valence electrons. The Kier molecular flexibility index (Phi) is 2.91. The second-order valence-corrected chi connectivity index (χ2v) is 6.37. The molecule has 19 heavy (non-hydrogen) atoms. The van der Waals surface area contributed by atoms with E-state index in [1.54, 1.807) is 11.3 Å². The van der Waals surface area contributed by atoms with Gasteiger partial charge in [0.15, 0.2) is 0 Å². The Hall–Kier alpha value is -1.66. The predicted octanol–water partition coefficient (Wildman–Crippen LogP) is 4.49. The summed E-state index contributed by atoms with van der Waals surface area (Å²) >= 11 is 1.64. The molecule has 2 aromatic rings. The zero-order valence-corrected chi connectivity index (χ0v) is 12.0. The molecule has 1 aliphatic carbocycles. The van der Waals surface area contributed by atoms with Gasteiger partial charge in [-0.3, -0.25) is 0 Å². The molecule has 0 amide bonds. The van der Waals surface area contributed by atoms with Crippen LogP contribution in [-0.4, -0.2) is 4.98 Å². The van der Waals surface area contributed by atoms with Crippen molar-refractivity contribution in [2.75, 3.05) is 0 Å². The van der Waals surface area contributed by atoms with Gasteiger partial charge in [0.25, 0.3) is 0 Å². The molecule has 1 heterocycles. The van der Waals surface area contributed by atoms with Crippen molar-refractivity contribution in [2.45, 2.75) is 38.0 Å². The molecule has 0 aliphatic heterocycles. The van der Waals surface area contributed by atoms with E-state index in [9.17, 15) is 5.26 Å². The average Bonchev–Trinajstić information content (AvgIpc) is 3.08. The Balaban J connectivity index is 1.89. The molecule has 0 saturated heterocycles. The van der Waals surface area contributed by atoms with Gasteiger partial charge in [0, 0.05) is 10.9 Å². The number of thiazole rings is 1. The van der Waals surface area contributed by atoms with E-state index in [1.807, 2.05) is 5.38 Å². The summed E-state index contributed by atoms with van der Waals surface area (Å²) in [4.78, 5) is 4.66. The third-order valence-electron chi connectivity index (χ3n) is 3.78. The highest BCUT2D eigenvalue weighted by atomic mass is 32.1. The first-order valence-corrected chi connectivity index (χ1v) is 7.50. The van der Waals surface area contributed by atoms with Crippen LogP contribution in [0.1, 0.15) is 43.9 Å². The number of benzene rings is 1. The van der Waals surface area contributed by atoms with Crippen molar-refractivity contribution in [2.24, 2.45) is 0 Å². The van der Waals surface area contributed by atoms with Crippen LogP contribution in [0.2, 0.25) is 0 Å². The van der Waals surface area contributed by atoms with Gasteiger partial charge in [-0.15, -0.1) is 11.3 Å². The van der Waals surface area contributed by atoms with Crippen LogP contribution in [0, 0.1) is 11.3 Å². The van der Waals surface area contributed by atoms with Crippen molar-refractivity contribution < 1.29 is 0 Å². The molecule has 2 nitrogen and oxygen atoms in total. The molecule has 3 rings (SSSR count). The van der Waals surface area contributed by atoms with E-state index >= 15 is 0 Å². The summed E-state index contributed by atoms with van der Waals surface area (Å²) in [5, 5.41) is 12.3. The lowest BCUT2D eigenvalue weighted by Gasteiger charge is -2.05. The van der Waals surface area contributed by atoms with E-state index < -0.39 is 0 Å². The third-order valence-corrected chi connectivity index (χ3v) is 4.67. The summed E-state index contributed by atoms with van der Waals surface area (Å²) in [6.45, 7) is 4.39. The van der Waals surface area contributed by atoms with Gasteiger partial charge in [-0.1, -0.05) is 38.1 Å². The van der Waals surface area contributed by atoms with Gasteiger partial charge in [-0.05, 0) is 24.3 Å². The summed E-state index contributed by atoms with van der Waals surface area (Å²) in [5.41, 5.74) is 3.18. The summed E-state index contributed by atoms with van der Waals surface area (Å²) in [6.07, 6.45) is 1.91. The highest BCUT2D eigenvalue weighted by Gasteiger charge is 2.47. The maximum atomic E-state index is 9.20. The van der Waals surface area contributed by atoms with Crippen LogP contribution >= 0.6 is 11.3 Å². The minimum absolute atomic E-state index is 0.271. The monoisotopic (exact) mass is 268 g/mol. The highest BCUT2D eigenvalue weighted by Crippen LogP contribution is 2.48. The van der Waals surface area contributed by atoms with Crippen molar-refractivity contribution in [1.29, 1.82) is 5.26 Å². The minimum Gasteiger partial charge on any atom is -0.239 e. The molecule has 0 radical (unpaired) electrons. The summed E-state index contributed by atoms with van der Waals surface area (Å²) < 4.78 is 0. The van der Waals surface area contributed by atoms with Crippen LogP contribution in [0.5, 0.6) is 0 Å². The van der Waals surface area contributed by atoms with Crippen LogP contribution in [0.3, 0.4) is 0 Å². The van der Waals surface area contributed by atoms with Gasteiger partial charge in [0.1, 0.15) is 10.4 Å². The zero-order valence-electron chi connectivity index (χ0n) is 11.2. The lowest BCUT2D eigenvalue weighted by atomic mass is 10.0. The molecule has 1 aromatic heterocycles. The van der Waals surface area contributed by atoms with Gasteiger partial charge in [-0.2, -0.15) is 5.26 Å². The van der Waals surface area contributed by atoms with E-state index in [1.165, 1.54) is 5.56 Å². The Morgan fingerprint density at radius 3 is 2.47 bits per heavy atom. The van der Waals surface area contributed by atoms with Gasteiger partial charge < -0.3 is 0 Å². The molecule has 0 spiro atoms. The highest BCUT2D eigenvalue weighted by molar-refractivity contribution is 7.13. The first-order chi connectivity index (χ1) is 9.14. The number of rotatable bonds is 3. The fourth-order valence-corrected chi connectivity index (χ4v) is 3.11. The lowest BCUT2D eigenvalue weighted by Crippen LogP contribution is -2.02. The minimum atomic E-state index is -0.271. The fourth-order valence-electron chi connectivity index (χ4n) is 2.19. The van der Waals surface area contributed by atoms with Crippen molar-refractivity contribution >= 4 is 11.3 Å². The summed E-state index contributed by atoms with van der Waals surface area (Å²) in [5.74, 6) is 0.550. The second-order valence-electron chi connectivity index (χ2n) is 5.51. The van der Waals surface area contributed by atoms with E-state index in [-0.39, 0.29) is 5.41 Å². The maximum absolute atomic E-state index is 9.20. The number of aromatic nitrogens is 1. The molecule has 1 saturated carbocycles. The van der Waals surface area contributed by atoms with Gasteiger partial charge in [-0.25, -0.2) is 4.98 Å². The van der Waals surface area contributed by atoms with Crippen molar-refractivity contribution in [3.63, 3.8) is 0 Å². The Labute approximate surface area is 117 Å². The quantitative estimate of drug-likeness (QED) is 0.822. The van der Waals surface area contributed by atoms with Crippen LogP contribution in [0.4, 0.5) is 0 Å². The molecule has 0 unspecified atom stereocenters. The number of hydrogen-bond acceptors (Lipinski definition) is 3. The van der Waals surface area contributed by atoms with E-state index in [0.29, 0.717) is 5.92 Å².